The SMILES string of the molecule is N.N.NC(N)=O.O=S(=O)(O)O.P.[KH]. The van der Waals surface area contributed by atoms with Crippen LogP contribution < -0.4 is 23.8 Å². The van der Waals surface area contributed by atoms with E-state index >= 15 is 0 Å². The quantitative estimate of drug-likeness (QED) is 0.166. The summed E-state index contributed by atoms with van der Waals surface area (Å²) < 4.78 is 31.6. The van der Waals surface area contributed by atoms with Gasteiger partial charge in [-0.05, 0) is 0 Å². The van der Waals surface area contributed by atoms with E-state index in [1.807, 2.05) is 0 Å². The fraction of sp³-hybridized carbons (Fsp3) is 0. The van der Waals surface area contributed by atoms with Crippen molar-refractivity contribution >= 4 is 77.7 Å². The van der Waals surface area contributed by atoms with Crippen molar-refractivity contribution in [3.63, 3.8) is 0 Å². The molecule has 0 saturated carbocycles. The molecule has 12 N–H and O–H groups in total. The molecule has 0 saturated heterocycles. The zero-order valence-corrected chi connectivity index (χ0v) is 8.53. The standard InChI is InChI=1S/CH4N2O.K.2H3N.H2O4S.H3P.H/c2-1(3)4;;;;1-5(2,3)4;;/h(H4,2,3,4);;2*1H3;(H2,1,2,3,4);1H3;. The van der Waals surface area contributed by atoms with Crippen LogP contribution in [0.25, 0.3) is 0 Å². The molecular formula is CH16KN4O5PS. The molecule has 0 aliphatic rings. The topological polar surface area (TPSA) is 214 Å². The maximum absolute atomic E-state index is 9.00. The third kappa shape index (κ3) is 1280. The number of hydrogen-bond donors (Lipinski definition) is 6. The summed E-state index contributed by atoms with van der Waals surface area (Å²) in [7, 11) is -4.67. The van der Waals surface area contributed by atoms with Crippen LogP contribution in [0.1, 0.15) is 0 Å². The molecule has 0 aliphatic carbocycles. The van der Waals surface area contributed by atoms with Gasteiger partial charge in [0.2, 0.25) is 0 Å². The van der Waals surface area contributed by atoms with Gasteiger partial charge in [-0.3, -0.25) is 9.11 Å². The van der Waals surface area contributed by atoms with Crippen LogP contribution >= 0.6 is 9.90 Å². The van der Waals surface area contributed by atoms with Crippen LogP contribution in [0.2, 0.25) is 0 Å². The first-order valence-electron chi connectivity index (χ1n) is 1.48. The average molecular weight is 266 g/mol. The van der Waals surface area contributed by atoms with Crippen LogP contribution in [-0.2, 0) is 10.4 Å². The molecule has 0 radical (unpaired) electrons. The van der Waals surface area contributed by atoms with Crippen LogP contribution in [0.4, 0.5) is 4.79 Å². The fourth-order valence-electron chi connectivity index (χ4n) is 0. The second-order valence-electron chi connectivity index (χ2n) is 0.850. The van der Waals surface area contributed by atoms with Crippen LogP contribution in [0.5, 0.6) is 0 Å². The molecule has 2 amide bonds. The normalized spacial score (nSPS) is 6.31. The second kappa shape index (κ2) is 18.8. The van der Waals surface area contributed by atoms with E-state index in [0.717, 1.165) is 0 Å². The molecule has 0 aromatic rings. The van der Waals surface area contributed by atoms with E-state index in [2.05, 4.69) is 11.5 Å². The summed E-state index contributed by atoms with van der Waals surface area (Å²) in [5.74, 6) is 0. The van der Waals surface area contributed by atoms with Crippen LogP contribution in [0, 0.1) is 0 Å². The van der Waals surface area contributed by atoms with Gasteiger partial charge in [0.15, 0.2) is 0 Å². The monoisotopic (exact) mass is 266 g/mol. The minimum atomic E-state index is -4.67. The van der Waals surface area contributed by atoms with Crippen LogP contribution in [0.3, 0.4) is 0 Å². The summed E-state index contributed by atoms with van der Waals surface area (Å²) in [4.78, 5) is 9.00. The molecule has 0 aromatic heterocycles. The molecule has 1 atom stereocenters. The summed E-state index contributed by atoms with van der Waals surface area (Å²) in [6.45, 7) is 0. The Morgan fingerprint density at radius 3 is 1.08 bits per heavy atom. The van der Waals surface area contributed by atoms with Gasteiger partial charge in [-0.1, -0.05) is 0 Å². The van der Waals surface area contributed by atoms with Crippen molar-refractivity contribution in [3.8, 4) is 0 Å². The molecule has 9 nitrogen and oxygen atoms in total. The Bertz CT molecular complexity index is 171. The van der Waals surface area contributed by atoms with Crippen molar-refractivity contribution < 1.29 is 22.3 Å². The van der Waals surface area contributed by atoms with Crippen LogP contribution in [-0.4, -0.2) is 74.9 Å². The maximum atomic E-state index is 9.00. The predicted molar refractivity (Wildman–Crippen MR) is 56.2 cm³/mol. The summed E-state index contributed by atoms with van der Waals surface area (Å²) in [5.41, 5.74) is 8.50. The van der Waals surface area contributed by atoms with Crippen molar-refractivity contribution in [2.45, 2.75) is 0 Å². The van der Waals surface area contributed by atoms with Crippen LogP contribution in [0.15, 0.2) is 0 Å². The molecule has 0 rings (SSSR count). The first-order chi connectivity index (χ1) is 3.73. The molecule has 12 heteroatoms. The van der Waals surface area contributed by atoms with E-state index in [-0.39, 0.29) is 73.6 Å². The number of carbonyl (C=O) groups excluding carboxylic acids is 1. The van der Waals surface area contributed by atoms with Gasteiger partial charge in [0, 0.05) is 0 Å². The zero-order chi connectivity index (χ0) is 8.08. The molecule has 0 aliphatic heterocycles. The molecule has 82 valence electrons. The molecule has 0 fully saturated rings. The average Bonchev–Trinajstić information content (AvgIpc) is 1.19. The van der Waals surface area contributed by atoms with Crippen molar-refractivity contribution in [3.05, 3.63) is 0 Å². The van der Waals surface area contributed by atoms with Gasteiger partial charge < -0.3 is 23.8 Å². The number of carbonyl (C=O) groups is 1. The molecular weight excluding hydrogens is 250 g/mol. The number of urea groups is 1. The third-order valence-corrected chi connectivity index (χ3v) is 0. The van der Waals surface area contributed by atoms with Crippen molar-refractivity contribution in [1.82, 2.24) is 12.3 Å². The summed E-state index contributed by atoms with van der Waals surface area (Å²) in [6.07, 6.45) is 0. The molecule has 0 spiro atoms. The van der Waals surface area contributed by atoms with E-state index in [9.17, 15) is 0 Å². The van der Waals surface area contributed by atoms with E-state index < -0.39 is 16.4 Å². The van der Waals surface area contributed by atoms with E-state index in [0.29, 0.717) is 0 Å². The van der Waals surface area contributed by atoms with Gasteiger partial charge in [0.25, 0.3) is 0 Å². The Hall–Kier alpha value is 1.13. The zero-order valence-electron chi connectivity index (χ0n) is 6.30. The molecule has 13 heavy (non-hydrogen) atoms. The fourth-order valence-corrected chi connectivity index (χ4v) is 0. The van der Waals surface area contributed by atoms with E-state index in [1.165, 1.54) is 0 Å². The number of rotatable bonds is 0. The van der Waals surface area contributed by atoms with Gasteiger partial charge >= 0.3 is 67.8 Å². The Balaban J connectivity index is -0.0000000146. The number of hydrogen-bond acceptors (Lipinski definition) is 5. The van der Waals surface area contributed by atoms with E-state index in [1.54, 1.807) is 0 Å². The number of primary amides is 2. The molecule has 0 heterocycles. The van der Waals surface area contributed by atoms with Crippen molar-refractivity contribution in [2.24, 2.45) is 11.5 Å². The first-order valence-corrected chi connectivity index (χ1v) is 2.88. The van der Waals surface area contributed by atoms with Crippen molar-refractivity contribution in [1.29, 1.82) is 0 Å². The Labute approximate surface area is 122 Å². The van der Waals surface area contributed by atoms with E-state index in [4.69, 9.17) is 22.3 Å². The van der Waals surface area contributed by atoms with Crippen molar-refractivity contribution in [2.75, 3.05) is 0 Å². The third-order valence-electron chi connectivity index (χ3n) is 0. The van der Waals surface area contributed by atoms with Gasteiger partial charge in [-0.2, -0.15) is 18.3 Å². The van der Waals surface area contributed by atoms with Gasteiger partial charge in [0.05, 0.1) is 0 Å². The Morgan fingerprint density at radius 2 is 1.08 bits per heavy atom. The summed E-state index contributed by atoms with van der Waals surface area (Å²) in [6, 6.07) is -0.833. The number of nitrogens with two attached hydrogens (primary N) is 2. The van der Waals surface area contributed by atoms with Gasteiger partial charge in [-0.15, -0.1) is 0 Å². The molecule has 0 aromatic carbocycles. The Kier molecular flexibility index (Phi) is 53.4. The van der Waals surface area contributed by atoms with Gasteiger partial charge in [0.1, 0.15) is 0 Å². The minimum absolute atomic E-state index is 0. The Morgan fingerprint density at radius 1 is 1.08 bits per heavy atom. The number of amides is 2. The summed E-state index contributed by atoms with van der Waals surface area (Å²) >= 11 is 0. The second-order valence-corrected chi connectivity index (χ2v) is 1.75. The first kappa shape index (κ1) is 36.9. The molecule has 0 bridgehead atoms. The van der Waals surface area contributed by atoms with Gasteiger partial charge in [-0.25, -0.2) is 4.79 Å². The predicted octanol–water partition coefficient (Wildman–Crippen LogP) is -1.90. The summed E-state index contributed by atoms with van der Waals surface area (Å²) in [5, 5.41) is 0. The molecule has 1 unspecified atom stereocenters.